The molecule has 0 amide bonds. The smallest absolute Gasteiger partial charge is 0.0871 e. The Morgan fingerprint density at radius 1 is 0.778 bits per heavy atom. The van der Waals surface area contributed by atoms with Crippen LogP contribution in [0.4, 0.5) is 0 Å². The highest BCUT2D eigenvalue weighted by molar-refractivity contribution is 6.91. The van der Waals surface area contributed by atoms with Crippen LogP contribution in [-0.4, -0.2) is 13.4 Å². The van der Waals surface area contributed by atoms with Gasteiger partial charge in [0, 0.05) is 0 Å². The summed E-state index contributed by atoms with van der Waals surface area (Å²) in [6, 6.07) is 22.4. The summed E-state index contributed by atoms with van der Waals surface area (Å²) in [4.78, 5) is 0. The number of hydrogen-bond donors (Lipinski definition) is 0. The maximum Gasteiger partial charge on any atom is 0.169 e. The molecule has 0 aliphatic heterocycles. The van der Waals surface area contributed by atoms with E-state index < -0.39 is 0 Å². The summed E-state index contributed by atoms with van der Waals surface area (Å²) in [5.41, 5.74) is 5.81. The average Bonchev–Trinajstić information content (AvgIpc) is 2.71. The summed E-state index contributed by atoms with van der Waals surface area (Å²) >= 11 is 0. The zero-order valence-corrected chi connectivity index (χ0v) is 17.2. The van der Waals surface area contributed by atoms with E-state index in [0.29, 0.717) is 13.4 Å². The fourth-order valence-corrected chi connectivity index (χ4v) is 4.43. The van der Waals surface area contributed by atoms with Gasteiger partial charge in [-0.05, 0) is 35.7 Å². The van der Waals surface area contributed by atoms with Gasteiger partial charge in [0.2, 0.25) is 0 Å². The number of allylic oxidation sites excluding steroid dienone is 1. The Hall–Kier alpha value is -2.21. The fraction of sp³-hybridized carbons (Fsp3) is 0.280. The Morgan fingerprint density at radius 3 is 2.15 bits per heavy atom. The topological polar surface area (TPSA) is 0 Å². The summed E-state index contributed by atoms with van der Waals surface area (Å²) < 4.78 is 0. The second-order valence-corrected chi connectivity index (χ2v) is 7.59. The first-order chi connectivity index (χ1) is 13.2. The Bertz CT molecular complexity index is 921. The van der Waals surface area contributed by atoms with Crippen molar-refractivity contribution in [3.63, 3.8) is 0 Å². The van der Waals surface area contributed by atoms with Crippen LogP contribution in [-0.2, 0) is 0 Å². The van der Waals surface area contributed by atoms with Crippen molar-refractivity contribution in [2.45, 2.75) is 46.6 Å². The van der Waals surface area contributed by atoms with E-state index in [1.54, 1.807) is 0 Å². The van der Waals surface area contributed by atoms with E-state index in [9.17, 15) is 0 Å². The van der Waals surface area contributed by atoms with Gasteiger partial charge in [0.05, 0.1) is 0 Å². The molecular formula is C25H30B2. The molecule has 3 aromatic carbocycles. The molecule has 0 atom stereocenters. The standard InChI is InChI=1S/C25H30B2/c1-5-12-22-20(4)13-10-17-24(22)26(6-2)19-27(7-3)25-18-11-15-21-14-8-9-16-23(21)25/h5,8-18H,6-7,19H2,1-4H3/b12-5-. The van der Waals surface area contributed by atoms with Gasteiger partial charge in [0.1, 0.15) is 0 Å². The maximum absolute atomic E-state index is 2.34. The van der Waals surface area contributed by atoms with E-state index in [2.05, 4.69) is 101 Å². The average molecular weight is 352 g/mol. The molecule has 0 N–H and O–H groups in total. The molecule has 0 aliphatic rings. The van der Waals surface area contributed by atoms with Gasteiger partial charge >= 0.3 is 0 Å². The first-order valence-corrected chi connectivity index (χ1v) is 10.4. The van der Waals surface area contributed by atoms with Crippen LogP contribution in [0.5, 0.6) is 0 Å². The van der Waals surface area contributed by atoms with Crippen LogP contribution in [0, 0.1) is 6.92 Å². The molecule has 0 unspecified atom stereocenters. The van der Waals surface area contributed by atoms with E-state index in [4.69, 9.17) is 0 Å². The van der Waals surface area contributed by atoms with Gasteiger partial charge in [-0.1, -0.05) is 116 Å². The first-order valence-electron chi connectivity index (χ1n) is 10.4. The molecule has 0 aromatic heterocycles. The monoisotopic (exact) mass is 352 g/mol. The Morgan fingerprint density at radius 2 is 1.41 bits per heavy atom. The number of fused-ring (bicyclic) bond motifs is 1. The van der Waals surface area contributed by atoms with Crippen LogP contribution in [0.3, 0.4) is 0 Å². The normalized spacial score (nSPS) is 11.3. The van der Waals surface area contributed by atoms with Crippen LogP contribution in [0.25, 0.3) is 16.8 Å². The van der Waals surface area contributed by atoms with E-state index in [-0.39, 0.29) is 0 Å². The van der Waals surface area contributed by atoms with Gasteiger partial charge in [-0.2, -0.15) is 0 Å². The Labute approximate surface area is 165 Å². The second-order valence-electron chi connectivity index (χ2n) is 7.59. The lowest BCUT2D eigenvalue weighted by molar-refractivity contribution is 1.37. The van der Waals surface area contributed by atoms with Gasteiger partial charge in [-0.3, -0.25) is 0 Å². The van der Waals surface area contributed by atoms with E-state index in [1.165, 1.54) is 51.7 Å². The Balaban J connectivity index is 1.99. The minimum Gasteiger partial charge on any atom is -0.0871 e. The third-order valence-corrected chi connectivity index (χ3v) is 5.95. The zero-order valence-electron chi connectivity index (χ0n) is 17.2. The minimum absolute atomic E-state index is 0.583. The van der Waals surface area contributed by atoms with Crippen molar-refractivity contribution >= 4 is 41.2 Å². The van der Waals surface area contributed by atoms with Crippen LogP contribution >= 0.6 is 0 Å². The lowest BCUT2D eigenvalue weighted by atomic mass is 9.23. The molecule has 0 heterocycles. The first kappa shape index (κ1) is 19.5. The van der Waals surface area contributed by atoms with Crippen LogP contribution in [0.2, 0.25) is 18.9 Å². The van der Waals surface area contributed by atoms with Gasteiger partial charge in [0.15, 0.2) is 13.4 Å². The molecule has 0 radical (unpaired) electrons. The van der Waals surface area contributed by atoms with E-state index in [1.807, 2.05) is 0 Å². The van der Waals surface area contributed by atoms with Crippen LogP contribution in [0.15, 0.2) is 66.7 Å². The molecule has 0 bridgehead atoms. The molecule has 0 nitrogen and oxygen atoms in total. The predicted molar refractivity (Wildman–Crippen MR) is 126 cm³/mol. The molecule has 0 saturated carbocycles. The third kappa shape index (κ3) is 4.21. The van der Waals surface area contributed by atoms with Crippen molar-refractivity contribution in [1.29, 1.82) is 0 Å². The largest absolute Gasteiger partial charge is 0.169 e. The lowest BCUT2D eigenvalue weighted by Gasteiger charge is -2.22. The molecule has 27 heavy (non-hydrogen) atoms. The van der Waals surface area contributed by atoms with Gasteiger partial charge < -0.3 is 0 Å². The molecule has 0 spiro atoms. The summed E-state index contributed by atoms with van der Waals surface area (Å²) in [6.07, 6.45) is 8.01. The highest BCUT2D eigenvalue weighted by Crippen LogP contribution is 2.18. The third-order valence-electron chi connectivity index (χ3n) is 5.95. The van der Waals surface area contributed by atoms with Crippen molar-refractivity contribution < 1.29 is 0 Å². The molecule has 136 valence electrons. The Kier molecular flexibility index (Phi) is 6.61. The van der Waals surface area contributed by atoms with E-state index >= 15 is 0 Å². The highest BCUT2D eigenvalue weighted by Gasteiger charge is 2.25. The molecule has 0 aliphatic carbocycles. The van der Waals surface area contributed by atoms with Crippen molar-refractivity contribution in [2.75, 3.05) is 0 Å². The molecule has 0 fully saturated rings. The number of hydrogen-bond acceptors (Lipinski definition) is 0. The summed E-state index contributed by atoms with van der Waals surface area (Å²) in [5.74, 6) is 0. The molecule has 3 aromatic rings. The van der Waals surface area contributed by atoms with Gasteiger partial charge in [0.25, 0.3) is 0 Å². The number of rotatable bonds is 7. The van der Waals surface area contributed by atoms with Gasteiger partial charge in [-0.15, -0.1) is 0 Å². The summed E-state index contributed by atoms with van der Waals surface area (Å²) in [5, 5.41) is 2.77. The minimum atomic E-state index is 0.583. The van der Waals surface area contributed by atoms with Crippen LogP contribution < -0.4 is 10.9 Å². The van der Waals surface area contributed by atoms with Crippen molar-refractivity contribution in [3.05, 3.63) is 77.9 Å². The second kappa shape index (κ2) is 9.13. The van der Waals surface area contributed by atoms with Crippen molar-refractivity contribution in [2.24, 2.45) is 0 Å². The molecule has 2 heteroatoms. The molecule has 0 saturated heterocycles. The fourth-order valence-electron chi connectivity index (χ4n) is 4.43. The van der Waals surface area contributed by atoms with E-state index in [0.717, 1.165) is 0 Å². The quantitative estimate of drug-likeness (QED) is 0.467. The summed E-state index contributed by atoms with van der Waals surface area (Å²) in [6.45, 7) is 10.2. The van der Waals surface area contributed by atoms with Gasteiger partial charge in [-0.25, -0.2) is 0 Å². The number of benzene rings is 3. The van der Waals surface area contributed by atoms with Crippen LogP contribution in [0.1, 0.15) is 31.9 Å². The lowest BCUT2D eigenvalue weighted by Crippen LogP contribution is -2.41. The number of aryl methyl sites for hydroxylation is 1. The van der Waals surface area contributed by atoms with Crippen molar-refractivity contribution in [3.8, 4) is 0 Å². The highest BCUT2D eigenvalue weighted by atomic mass is 14.0. The zero-order chi connectivity index (χ0) is 19.2. The SMILES string of the molecule is C/C=C\c1c(C)cccc1B(CC)CB(CC)c1cccc2ccccc12. The molecular weight excluding hydrogens is 322 g/mol. The molecule has 3 rings (SSSR count). The van der Waals surface area contributed by atoms with Crippen molar-refractivity contribution in [1.82, 2.24) is 0 Å². The maximum atomic E-state index is 2.34. The summed E-state index contributed by atoms with van der Waals surface area (Å²) in [7, 11) is 0. The predicted octanol–water partition coefficient (Wildman–Crippen LogP) is 5.86.